The molecule has 2 aromatic carbocycles. The SMILES string of the molecule is CCOC(=O)[C@@](NC(=O)c1ccccc1)([NH2+]Cc1ccc2c(c1)OCO2)C(F)(F)F. The molecule has 0 aromatic heterocycles. The fraction of sp³-hybridized carbons (Fsp3) is 0.300. The standard InChI is InChI=1S/C20H19F3N2O5/c1-2-28-18(27)19(20(21,22)23,25-17(26)14-6-4-3-5-7-14)24-11-13-8-9-15-16(10-13)30-12-29-15/h3-10,24H,2,11-12H2,1H3,(H,25,26)/p+1/t19-/m0/s1. The maximum absolute atomic E-state index is 14.2. The molecule has 160 valence electrons. The third kappa shape index (κ3) is 4.33. The maximum Gasteiger partial charge on any atom is 0.478 e. The highest BCUT2D eigenvalue weighted by atomic mass is 19.4. The van der Waals surface area contributed by atoms with Crippen LogP contribution in [0.15, 0.2) is 48.5 Å². The van der Waals surface area contributed by atoms with E-state index in [-0.39, 0.29) is 25.5 Å². The van der Waals surface area contributed by atoms with E-state index >= 15 is 0 Å². The predicted molar refractivity (Wildman–Crippen MR) is 97.5 cm³/mol. The molecular formula is C20H20F3N2O5+. The Morgan fingerprint density at radius 1 is 1.10 bits per heavy atom. The number of nitrogens with two attached hydrogens (primary N) is 1. The number of carbonyl (C=O) groups is 2. The number of quaternary nitrogens is 1. The number of hydrogen-bond donors (Lipinski definition) is 2. The van der Waals surface area contributed by atoms with Crippen molar-refractivity contribution in [2.75, 3.05) is 13.4 Å². The zero-order chi connectivity index (χ0) is 21.8. The van der Waals surface area contributed by atoms with E-state index in [1.807, 2.05) is 5.32 Å². The van der Waals surface area contributed by atoms with Crippen molar-refractivity contribution in [2.45, 2.75) is 25.3 Å². The zero-order valence-electron chi connectivity index (χ0n) is 16.0. The van der Waals surface area contributed by atoms with E-state index in [1.54, 1.807) is 18.2 Å². The molecule has 30 heavy (non-hydrogen) atoms. The lowest BCUT2D eigenvalue weighted by atomic mass is 10.1. The lowest BCUT2D eigenvalue weighted by Gasteiger charge is -2.31. The minimum Gasteiger partial charge on any atom is -0.460 e. The molecule has 3 N–H and O–H groups in total. The highest BCUT2D eigenvalue weighted by Crippen LogP contribution is 2.32. The van der Waals surface area contributed by atoms with E-state index in [4.69, 9.17) is 9.47 Å². The summed E-state index contributed by atoms with van der Waals surface area (Å²) in [5.41, 5.74) is -2.91. The predicted octanol–water partition coefficient (Wildman–Crippen LogP) is 1.73. The monoisotopic (exact) mass is 425 g/mol. The minimum absolute atomic E-state index is 0.0188. The van der Waals surface area contributed by atoms with E-state index in [9.17, 15) is 22.8 Å². The quantitative estimate of drug-likeness (QED) is 0.521. The number of alkyl halides is 3. The second kappa shape index (κ2) is 8.62. The Hall–Kier alpha value is -3.27. The van der Waals surface area contributed by atoms with Gasteiger partial charge in [-0.1, -0.05) is 18.2 Å². The van der Waals surface area contributed by atoms with E-state index < -0.39 is 23.7 Å². The number of carbonyl (C=O) groups excluding carboxylic acids is 2. The van der Waals surface area contributed by atoms with E-state index in [2.05, 4.69) is 4.74 Å². The van der Waals surface area contributed by atoms with Gasteiger partial charge in [-0.2, -0.15) is 13.2 Å². The van der Waals surface area contributed by atoms with Crippen LogP contribution < -0.4 is 20.1 Å². The molecule has 0 spiro atoms. The molecule has 1 amide bonds. The largest absolute Gasteiger partial charge is 0.478 e. The van der Waals surface area contributed by atoms with Gasteiger partial charge in [0.15, 0.2) is 11.5 Å². The number of halogens is 3. The Morgan fingerprint density at radius 3 is 2.47 bits per heavy atom. The molecule has 10 heteroatoms. The van der Waals surface area contributed by atoms with Gasteiger partial charge < -0.3 is 19.5 Å². The molecule has 0 unspecified atom stereocenters. The van der Waals surface area contributed by atoms with Crippen LogP contribution in [0.5, 0.6) is 11.5 Å². The van der Waals surface area contributed by atoms with Crippen molar-refractivity contribution in [2.24, 2.45) is 0 Å². The van der Waals surface area contributed by atoms with Crippen molar-refractivity contribution in [3.8, 4) is 11.5 Å². The van der Waals surface area contributed by atoms with Gasteiger partial charge in [0.05, 0.1) is 6.61 Å². The van der Waals surface area contributed by atoms with Crippen LogP contribution in [0.2, 0.25) is 0 Å². The summed E-state index contributed by atoms with van der Waals surface area (Å²) in [6.07, 6.45) is -5.14. The van der Waals surface area contributed by atoms with Crippen molar-refractivity contribution in [3.63, 3.8) is 0 Å². The van der Waals surface area contributed by atoms with Gasteiger partial charge in [-0.15, -0.1) is 0 Å². The lowest BCUT2D eigenvalue weighted by molar-refractivity contribution is -0.757. The van der Waals surface area contributed by atoms with Gasteiger partial charge in [0, 0.05) is 11.1 Å². The van der Waals surface area contributed by atoms with Crippen LogP contribution in [0.1, 0.15) is 22.8 Å². The minimum atomic E-state index is -5.14. The first kappa shape index (κ1) is 21.4. The van der Waals surface area contributed by atoms with Crippen molar-refractivity contribution in [3.05, 3.63) is 59.7 Å². The van der Waals surface area contributed by atoms with Crippen LogP contribution in [-0.4, -0.2) is 37.1 Å². The molecular weight excluding hydrogens is 405 g/mol. The van der Waals surface area contributed by atoms with Gasteiger partial charge in [0.2, 0.25) is 6.79 Å². The number of fused-ring (bicyclic) bond motifs is 1. The molecule has 1 atom stereocenters. The van der Waals surface area contributed by atoms with Crippen molar-refractivity contribution in [1.82, 2.24) is 5.32 Å². The smallest absolute Gasteiger partial charge is 0.460 e. The van der Waals surface area contributed by atoms with Crippen molar-refractivity contribution < 1.29 is 42.3 Å². The van der Waals surface area contributed by atoms with Gasteiger partial charge in [-0.25, -0.2) is 4.79 Å². The summed E-state index contributed by atoms with van der Waals surface area (Å²) in [5, 5.41) is 2.54. The Balaban J connectivity index is 1.91. The molecule has 0 radical (unpaired) electrons. The summed E-state index contributed by atoms with van der Waals surface area (Å²) in [5.74, 6) is -1.79. The Morgan fingerprint density at radius 2 is 1.80 bits per heavy atom. The number of amides is 1. The van der Waals surface area contributed by atoms with E-state index in [0.29, 0.717) is 22.4 Å². The first-order chi connectivity index (χ1) is 14.3. The third-order valence-electron chi connectivity index (χ3n) is 4.47. The van der Waals surface area contributed by atoms with Crippen LogP contribution in [0.3, 0.4) is 0 Å². The lowest BCUT2D eigenvalue weighted by Crippen LogP contribution is -3.06. The molecule has 0 fully saturated rings. The Labute approximate surface area is 170 Å². The summed E-state index contributed by atoms with van der Waals surface area (Å²) in [4.78, 5) is 25.0. The zero-order valence-corrected chi connectivity index (χ0v) is 16.0. The van der Waals surface area contributed by atoms with Crippen LogP contribution >= 0.6 is 0 Å². The highest BCUT2D eigenvalue weighted by Gasteiger charge is 2.67. The summed E-state index contributed by atoms with van der Waals surface area (Å²) >= 11 is 0. The molecule has 0 bridgehead atoms. The fourth-order valence-electron chi connectivity index (χ4n) is 2.91. The number of rotatable bonds is 7. The molecule has 2 aromatic rings. The summed E-state index contributed by atoms with van der Waals surface area (Å²) in [6, 6.07) is 12.0. The van der Waals surface area contributed by atoms with Crippen LogP contribution in [0, 0.1) is 0 Å². The van der Waals surface area contributed by atoms with Crippen molar-refractivity contribution >= 4 is 11.9 Å². The van der Waals surface area contributed by atoms with Gasteiger partial charge in [-0.3, -0.25) is 10.1 Å². The average Bonchev–Trinajstić information content (AvgIpc) is 3.18. The maximum atomic E-state index is 14.2. The van der Waals surface area contributed by atoms with Gasteiger partial charge in [0.25, 0.3) is 5.91 Å². The molecule has 3 rings (SSSR count). The molecule has 7 nitrogen and oxygen atoms in total. The molecule has 0 saturated carbocycles. The molecule has 0 aliphatic carbocycles. The summed E-state index contributed by atoms with van der Waals surface area (Å²) in [6.45, 7) is 0.834. The Bertz CT molecular complexity index is 920. The number of nitrogens with one attached hydrogen (secondary N) is 1. The number of ether oxygens (including phenoxy) is 3. The summed E-state index contributed by atoms with van der Waals surface area (Å²) < 4.78 is 57.6. The number of esters is 1. The first-order valence-electron chi connectivity index (χ1n) is 9.11. The van der Waals surface area contributed by atoms with Gasteiger partial charge in [-0.05, 0) is 37.3 Å². The van der Waals surface area contributed by atoms with Crippen LogP contribution in [0.25, 0.3) is 0 Å². The summed E-state index contributed by atoms with van der Waals surface area (Å²) in [7, 11) is 0. The first-order valence-corrected chi connectivity index (χ1v) is 9.11. The highest BCUT2D eigenvalue weighted by molar-refractivity contribution is 5.97. The average molecular weight is 425 g/mol. The van der Waals surface area contributed by atoms with Crippen LogP contribution in [-0.2, 0) is 16.1 Å². The van der Waals surface area contributed by atoms with E-state index in [1.165, 1.54) is 37.3 Å². The molecule has 1 aliphatic heterocycles. The topological polar surface area (TPSA) is 90.5 Å². The molecule has 1 aliphatic rings. The second-order valence-corrected chi connectivity index (χ2v) is 6.44. The molecule has 1 heterocycles. The van der Waals surface area contributed by atoms with E-state index in [0.717, 1.165) is 0 Å². The fourth-order valence-corrected chi connectivity index (χ4v) is 2.91. The number of benzene rings is 2. The number of hydrogen-bond acceptors (Lipinski definition) is 5. The van der Waals surface area contributed by atoms with Gasteiger partial charge >= 0.3 is 17.8 Å². The van der Waals surface area contributed by atoms with Crippen LogP contribution in [0.4, 0.5) is 13.2 Å². The second-order valence-electron chi connectivity index (χ2n) is 6.44. The van der Waals surface area contributed by atoms with Gasteiger partial charge in [0.1, 0.15) is 6.54 Å². The third-order valence-corrected chi connectivity index (χ3v) is 4.47. The Kier molecular flexibility index (Phi) is 6.16. The molecule has 0 saturated heterocycles. The van der Waals surface area contributed by atoms with Crippen molar-refractivity contribution in [1.29, 1.82) is 0 Å². The normalized spacial score (nSPS) is 14.7.